The van der Waals surface area contributed by atoms with Gasteiger partial charge in [-0.3, -0.25) is 4.79 Å². The minimum atomic E-state index is -3.27. The Morgan fingerprint density at radius 1 is 0.971 bits per heavy atom. The Balaban J connectivity index is 1.80. The first-order valence-electron chi connectivity index (χ1n) is 10.0. The number of hydrogen-bond acceptors (Lipinski definition) is 13. The van der Waals surface area contributed by atoms with Gasteiger partial charge in [0.2, 0.25) is 5.79 Å². The Kier molecular flexibility index (Phi) is 7.35. The van der Waals surface area contributed by atoms with Crippen molar-refractivity contribution in [1.82, 2.24) is 10.3 Å². The molecule has 0 unspecified atom stereocenters. The van der Waals surface area contributed by atoms with Gasteiger partial charge in [0.05, 0.1) is 6.54 Å². The number of anilines is 2. The number of aliphatic hydroxyl groups is 4. The maximum absolute atomic E-state index is 12.4. The Hall–Kier alpha value is -3.66. The lowest BCUT2D eigenvalue weighted by Crippen LogP contribution is -2.40. The molecule has 0 saturated heterocycles. The van der Waals surface area contributed by atoms with E-state index in [1.54, 1.807) is 5.32 Å². The second-order valence-electron chi connectivity index (χ2n) is 7.57. The Morgan fingerprint density at radius 2 is 1.57 bits per heavy atom. The molecule has 3 rings (SSSR count). The van der Waals surface area contributed by atoms with Crippen LogP contribution in [-0.2, 0) is 22.8 Å². The van der Waals surface area contributed by atoms with Gasteiger partial charge in [-0.2, -0.15) is 0 Å². The summed E-state index contributed by atoms with van der Waals surface area (Å²) in [5.41, 5.74) is 3.72. The van der Waals surface area contributed by atoms with E-state index in [4.69, 9.17) is 5.73 Å². The van der Waals surface area contributed by atoms with E-state index in [2.05, 4.69) is 10.3 Å². The summed E-state index contributed by atoms with van der Waals surface area (Å²) in [4.78, 5) is 15.9. The molecule has 3 aromatic rings. The quantitative estimate of drug-likeness (QED) is 0.0743. The fourth-order valence-electron chi connectivity index (χ4n) is 3.19. The van der Waals surface area contributed by atoms with Gasteiger partial charge in [-0.25, -0.2) is 4.98 Å². The minimum absolute atomic E-state index is 0.0785. The fraction of sp³-hybridized carbons (Fsp3) is 0.238. The van der Waals surface area contributed by atoms with Gasteiger partial charge < -0.3 is 57.2 Å². The van der Waals surface area contributed by atoms with E-state index in [1.807, 2.05) is 30.3 Å². The monoisotopic (exact) mass is 508 g/mol. The van der Waals surface area contributed by atoms with E-state index in [0.717, 1.165) is 22.3 Å². The molecule has 0 radical (unpaired) electrons. The Morgan fingerprint density at radius 3 is 2.11 bits per heavy atom. The SMILES string of the molecule is Nc1nc(C(O)(O)C(=O)Nc2c(O)c(O)c(C(O)(O)CNCCc3ccccc3)c(O)c2O)cs1. The zero-order valence-electron chi connectivity index (χ0n) is 18.0. The number of nitrogens with one attached hydrogen (secondary N) is 2. The third-order valence-electron chi connectivity index (χ3n) is 5.04. The predicted octanol–water partition coefficient (Wildman–Crippen LogP) is -0.706. The van der Waals surface area contributed by atoms with E-state index in [-0.39, 0.29) is 11.7 Å². The molecular weight excluding hydrogens is 484 g/mol. The summed E-state index contributed by atoms with van der Waals surface area (Å²) in [7, 11) is 0. The number of phenolic OH excluding ortho intramolecular Hbond substituents is 4. The molecule has 0 fully saturated rings. The number of carbonyl (C=O) groups excluding carboxylic acids is 1. The molecular formula is C21H24N4O9S. The number of thiazole rings is 1. The lowest BCUT2D eigenvalue weighted by molar-refractivity contribution is -0.185. The topological polar surface area (TPSA) is 242 Å². The highest BCUT2D eigenvalue weighted by Crippen LogP contribution is 2.52. The Bertz CT molecular complexity index is 1190. The van der Waals surface area contributed by atoms with E-state index in [9.17, 15) is 45.6 Å². The van der Waals surface area contributed by atoms with Gasteiger partial charge >= 0.3 is 0 Å². The second kappa shape index (κ2) is 9.91. The Labute approximate surface area is 202 Å². The molecule has 1 aromatic heterocycles. The number of nitrogen functional groups attached to an aromatic ring is 1. The first-order valence-corrected chi connectivity index (χ1v) is 10.9. The van der Waals surface area contributed by atoms with Gasteiger partial charge in [0, 0.05) is 5.38 Å². The molecule has 0 atom stereocenters. The van der Waals surface area contributed by atoms with Crippen molar-refractivity contribution in [1.29, 1.82) is 0 Å². The lowest BCUT2D eigenvalue weighted by Gasteiger charge is -2.26. The van der Waals surface area contributed by atoms with Crippen LogP contribution in [0.5, 0.6) is 23.0 Å². The van der Waals surface area contributed by atoms with E-state index in [0.29, 0.717) is 6.42 Å². The number of aromatic nitrogens is 1. The summed E-state index contributed by atoms with van der Waals surface area (Å²) in [5.74, 6) is -13.0. The van der Waals surface area contributed by atoms with Gasteiger partial charge in [-0.15, -0.1) is 11.3 Å². The van der Waals surface area contributed by atoms with Crippen molar-refractivity contribution in [3.8, 4) is 23.0 Å². The molecule has 188 valence electrons. The molecule has 0 saturated carbocycles. The van der Waals surface area contributed by atoms with Crippen molar-refractivity contribution in [3.63, 3.8) is 0 Å². The lowest BCUT2D eigenvalue weighted by atomic mass is 10.00. The van der Waals surface area contributed by atoms with Crippen molar-refractivity contribution >= 4 is 28.1 Å². The second-order valence-corrected chi connectivity index (χ2v) is 8.46. The van der Waals surface area contributed by atoms with Gasteiger partial charge in [0.1, 0.15) is 16.9 Å². The van der Waals surface area contributed by atoms with Crippen molar-refractivity contribution in [2.75, 3.05) is 24.1 Å². The first kappa shape index (κ1) is 26.0. The van der Waals surface area contributed by atoms with Crippen molar-refractivity contribution in [3.05, 3.63) is 52.5 Å². The van der Waals surface area contributed by atoms with E-state index >= 15 is 0 Å². The van der Waals surface area contributed by atoms with E-state index in [1.165, 1.54) is 0 Å². The normalized spacial score (nSPS) is 12.0. The maximum atomic E-state index is 12.4. The molecule has 0 aliphatic heterocycles. The number of nitrogens with two attached hydrogens (primary N) is 1. The van der Waals surface area contributed by atoms with Crippen LogP contribution in [0.15, 0.2) is 35.7 Å². The summed E-state index contributed by atoms with van der Waals surface area (Å²) in [6.45, 7) is -0.357. The van der Waals surface area contributed by atoms with Crippen LogP contribution >= 0.6 is 11.3 Å². The largest absolute Gasteiger partial charge is 0.504 e. The highest BCUT2D eigenvalue weighted by atomic mass is 32.1. The third-order valence-corrected chi connectivity index (χ3v) is 5.71. The first-order chi connectivity index (χ1) is 16.4. The third kappa shape index (κ3) is 5.37. The van der Waals surface area contributed by atoms with Crippen LogP contribution in [0.4, 0.5) is 10.8 Å². The van der Waals surface area contributed by atoms with Crippen LogP contribution in [0.1, 0.15) is 16.8 Å². The molecule has 12 N–H and O–H groups in total. The predicted molar refractivity (Wildman–Crippen MR) is 124 cm³/mol. The summed E-state index contributed by atoms with van der Waals surface area (Å²) in [6.07, 6.45) is 0.519. The van der Waals surface area contributed by atoms with E-state index < -0.39 is 64.0 Å². The molecule has 1 heterocycles. The van der Waals surface area contributed by atoms with Crippen molar-refractivity contribution in [2.45, 2.75) is 18.0 Å². The number of carbonyl (C=O) groups is 1. The molecule has 2 aromatic carbocycles. The summed E-state index contributed by atoms with van der Waals surface area (Å²) in [6, 6.07) is 9.25. The number of rotatable bonds is 9. The average molecular weight is 509 g/mol. The molecule has 13 nitrogen and oxygen atoms in total. The number of phenols is 4. The van der Waals surface area contributed by atoms with Crippen LogP contribution in [0.2, 0.25) is 0 Å². The number of nitrogens with zero attached hydrogens (tertiary/aromatic N) is 1. The molecule has 1 amide bonds. The van der Waals surface area contributed by atoms with Crippen LogP contribution in [0.25, 0.3) is 0 Å². The number of benzene rings is 2. The highest BCUT2D eigenvalue weighted by Gasteiger charge is 2.41. The number of aromatic hydroxyl groups is 4. The fourth-order valence-corrected chi connectivity index (χ4v) is 3.79. The van der Waals surface area contributed by atoms with Crippen molar-refractivity contribution in [2.24, 2.45) is 0 Å². The van der Waals surface area contributed by atoms with Crippen LogP contribution in [0.3, 0.4) is 0 Å². The zero-order chi connectivity index (χ0) is 26.0. The van der Waals surface area contributed by atoms with Crippen LogP contribution in [-0.4, -0.2) is 64.8 Å². The van der Waals surface area contributed by atoms with Gasteiger partial charge in [-0.05, 0) is 18.5 Å². The smallest absolute Gasteiger partial charge is 0.291 e. The molecule has 0 aliphatic carbocycles. The zero-order valence-corrected chi connectivity index (χ0v) is 18.8. The molecule has 14 heteroatoms. The summed E-state index contributed by atoms with van der Waals surface area (Å²) in [5, 5.41) is 87.7. The standard InChI is InChI=1S/C21H24N4O9S/c22-19-24-11(8-35-19)21(33,34)18(30)25-13-16(28)14(26)12(15(27)17(13)29)20(31,32)9-23-7-6-10-4-2-1-3-5-10/h1-5,8,23,26-29,31-34H,6-7,9H2,(H2,22,24)(H,25,30). The molecule has 0 aliphatic rings. The van der Waals surface area contributed by atoms with Gasteiger partial charge in [-0.1, -0.05) is 30.3 Å². The molecule has 35 heavy (non-hydrogen) atoms. The molecule has 0 bridgehead atoms. The number of hydrogen-bond donors (Lipinski definition) is 11. The highest BCUT2D eigenvalue weighted by molar-refractivity contribution is 7.13. The van der Waals surface area contributed by atoms with Gasteiger partial charge in [0.25, 0.3) is 11.7 Å². The molecule has 0 spiro atoms. The van der Waals surface area contributed by atoms with Crippen molar-refractivity contribution < 1.29 is 45.6 Å². The minimum Gasteiger partial charge on any atom is -0.504 e. The maximum Gasteiger partial charge on any atom is 0.291 e. The number of amides is 1. The summed E-state index contributed by atoms with van der Waals surface area (Å²) < 4.78 is 0. The summed E-state index contributed by atoms with van der Waals surface area (Å²) >= 11 is 0.804. The van der Waals surface area contributed by atoms with Crippen LogP contribution in [0, 0.1) is 0 Å². The van der Waals surface area contributed by atoms with Crippen LogP contribution < -0.4 is 16.4 Å². The average Bonchev–Trinajstić information content (AvgIpc) is 3.26. The van der Waals surface area contributed by atoms with Gasteiger partial charge in [0.15, 0.2) is 28.1 Å².